The third kappa shape index (κ3) is 3.57. The molecular weight excluding hydrogens is 338 g/mol. The van der Waals surface area contributed by atoms with E-state index in [0.717, 1.165) is 31.3 Å². The second-order valence-electron chi connectivity index (χ2n) is 5.80. The van der Waals surface area contributed by atoms with Crippen molar-refractivity contribution in [3.63, 3.8) is 0 Å². The molecule has 1 saturated heterocycles. The first kappa shape index (κ1) is 17.2. The van der Waals surface area contributed by atoms with Crippen LogP contribution in [-0.4, -0.2) is 36.6 Å². The van der Waals surface area contributed by atoms with Crippen molar-refractivity contribution in [2.24, 2.45) is 0 Å². The molecule has 3 rings (SSSR count). The summed E-state index contributed by atoms with van der Waals surface area (Å²) >= 11 is 0. The zero-order valence-corrected chi connectivity index (χ0v) is 13.7. The van der Waals surface area contributed by atoms with Gasteiger partial charge in [0.05, 0.1) is 5.56 Å². The van der Waals surface area contributed by atoms with Gasteiger partial charge in [-0.3, -0.25) is 9.59 Å². The topological polar surface area (TPSA) is 124 Å². The summed E-state index contributed by atoms with van der Waals surface area (Å²) < 4.78 is 5.31. The van der Waals surface area contributed by atoms with Crippen LogP contribution in [0, 0.1) is 11.3 Å². The SMILES string of the molecule is N#C/C(=C\c1cc2ccc(N3CCC3)cc2oc1=O)C(=O)NCC(=O)O. The number of carboxylic acids is 1. The van der Waals surface area contributed by atoms with Gasteiger partial charge in [0, 0.05) is 30.2 Å². The van der Waals surface area contributed by atoms with Gasteiger partial charge < -0.3 is 19.7 Å². The number of nitriles is 1. The molecule has 1 aromatic carbocycles. The lowest BCUT2D eigenvalue weighted by Crippen LogP contribution is -2.36. The summed E-state index contributed by atoms with van der Waals surface area (Å²) in [6, 6.07) is 8.70. The summed E-state index contributed by atoms with van der Waals surface area (Å²) in [4.78, 5) is 36.6. The predicted molar refractivity (Wildman–Crippen MR) is 93.5 cm³/mol. The number of nitrogens with zero attached hydrogens (tertiary/aromatic N) is 2. The number of fused-ring (bicyclic) bond motifs is 1. The van der Waals surface area contributed by atoms with Gasteiger partial charge in [-0.2, -0.15) is 5.26 Å². The van der Waals surface area contributed by atoms with Crippen molar-refractivity contribution < 1.29 is 19.1 Å². The summed E-state index contributed by atoms with van der Waals surface area (Å²) in [5.74, 6) is -2.11. The highest BCUT2D eigenvalue weighted by atomic mass is 16.4. The first-order valence-corrected chi connectivity index (χ1v) is 7.92. The number of aliphatic carboxylic acids is 1. The van der Waals surface area contributed by atoms with Crippen LogP contribution in [0.5, 0.6) is 0 Å². The number of carboxylic acid groups (broad SMARTS) is 1. The number of amides is 1. The summed E-state index contributed by atoms with van der Waals surface area (Å²) in [6.45, 7) is 1.31. The number of nitrogens with one attached hydrogen (secondary N) is 1. The van der Waals surface area contributed by atoms with Gasteiger partial charge in [-0.25, -0.2) is 4.79 Å². The number of carbonyl (C=O) groups is 2. The van der Waals surface area contributed by atoms with E-state index in [1.807, 2.05) is 6.07 Å². The van der Waals surface area contributed by atoms with Gasteiger partial charge in [0.1, 0.15) is 23.8 Å². The minimum atomic E-state index is -1.24. The van der Waals surface area contributed by atoms with Gasteiger partial charge in [0.2, 0.25) is 0 Å². The Hall–Kier alpha value is -3.60. The van der Waals surface area contributed by atoms with Gasteiger partial charge in [-0.15, -0.1) is 0 Å². The third-order valence-electron chi connectivity index (χ3n) is 4.03. The van der Waals surface area contributed by atoms with Crippen LogP contribution >= 0.6 is 0 Å². The minimum Gasteiger partial charge on any atom is -0.480 e. The largest absolute Gasteiger partial charge is 0.480 e. The number of hydrogen-bond donors (Lipinski definition) is 2. The second-order valence-corrected chi connectivity index (χ2v) is 5.80. The molecule has 0 saturated carbocycles. The zero-order valence-electron chi connectivity index (χ0n) is 13.7. The molecule has 2 N–H and O–H groups in total. The Morgan fingerprint density at radius 2 is 2.12 bits per heavy atom. The Labute approximate surface area is 147 Å². The lowest BCUT2D eigenvalue weighted by Gasteiger charge is -2.33. The molecule has 8 heteroatoms. The number of carbonyl (C=O) groups excluding carboxylic acids is 1. The summed E-state index contributed by atoms with van der Waals surface area (Å²) in [7, 11) is 0. The van der Waals surface area contributed by atoms with E-state index in [1.54, 1.807) is 18.2 Å². The van der Waals surface area contributed by atoms with Crippen LogP contribution in [0.15, 0.2) is 39.1 Å². The van der Waals surface area contributed by atoms with Gasteiger partial charge in [-0.1, -0.05) is 0 Å². The lowest BCUT2D eigenvalue weighted by molar-refractivity contribution is -0.137. The molecule has 2 heterocycles. The summed E-state index contributed by atoms with van der Waals surface area (Å²) in [5.41, 5.74) is 0.370. The van der Waals surface area contributed by atoms with Crippen LogP contribution < -0.4 is 15.8 Å². The van der Waals surface area contributed by atoms with Crippen LogP contribution in [0.4, 0.5) is 5.69 Å². The molecule has 0 aliphatic carbocycles. The molecule has 0 bridgehead atoms. The second kappa shape index (κ2) is 7.11. The Kier molecular flexibility index (Phi) is 4.71. The molecule has 0 radical (unpaired) electrons. The van der Waals surface area contributed by atoms with E-state index in [-0.39, 0.29) is 11.1 Å². The molecule has 26 heavy (non-hydrogen) atoms. The van der Waals surface area contributed by atoms with Gasteiger partial charge >= 0.3 is 11.6 Å². The van der Waals surface area contributed by atoms with Crippen LogP contribution in [0.3, 0.4) is 0 Å². The molecule has 0 spiro atoms. The molecule has 132 valence electrons. The van der Waals surface area contributed by atoms with Gasteiger partial charge in [0.15, 0.2) is 0 Å². The molecule has 1 fully saturated rings. The van der Waals surface area contributed by atoms with E-state index in [2.05, 4.69) is 10.2 Å². The fourth-order valence-corrected chi connectivity index (χ4v) is 2.54. The van der Waals surface area contributed by atoms with Crippen molar-refractivity contribution in [1.29, 1.82) is 5.26 Å². The molecular formula is C18H15N3O5. The molecule has 8 nitrogen and oxygen atoms in total. The van der Waals surface area contributed by atoms with E-state index >= 15 is 0 Å². The molecule has 1 aliphatic heterocycles. The Balaban J connectivity index is 1.92. The maximum absolute atomic E-state index is 12.2. The minimum absolute atomic E-state index is 0.0382. The van der Waals surface area contributed by atoms with Crippen molar-refractivity contribution in [3.05, 3.63) is 45.8 Å². The standard InChI is InChI=1S/C18H15N3O5/c19-9-13(17(24)20-10-16(22)23)7-12-6-11-2-3-14(21-4-1-5-21)8-15(11)26-18(12)25/h2-3,6-8H,1,4-5,10H2,(H,20,24)(H,22,23)/b13-7+. The van der Waals surface area contributed by atoms with E-state index in [0.29, 0.717) is 11.0 Å². The maximum Gasteiger partial charge on any atom is 0.343 e. The van der Waals surface area contributed by atoms with Crippen molar-refractivity contribution in [1.82, 2.24) is 5.32 Å². The normalized spacial score (nSPS) is 13.8. The van der Waals surface area contributed by atoms with E-state index in [9.17, 15) is 14.4 Å². The number of rotatable bonds is 5. The summed E-state index contributed by atoms with van der Waals surface area (Å²) in [6.07, 6.45) is 2.22. The zero-order chi connectivity index (χ0) is 18.7. The molecule has 0 atom stereocenters. The average molecular weight is 353 g/mol. The van der Waals surface area contributed by atoms with Crippen molar-refractivity contribution in [3.8, 4) is 6.07 Å². The van der Waals surface area contributed by atoms with Crippen LogP contribution in [0.25, 0.3) is 17.0 Å². The van der Waals surface area contributed by atoms with Crippen molar-refractivity contribution in [2.75, 3.05) is 24.5 Å². The Morgan fingerprint density at radius 3 is 2.73 bits per heavy atom. The number of hydrogen-bond acceptors (Lipinski definition) is 6. The fourth-order valence-electron chi connectivity index (χ4n) is 2.54. The molecule has 1 aromatic heterocycles. The highest BCUT2D eigenvalue weighted by Crippen LogP contribution is 2.25. The quantitative estimate of drug-likeness (QED) is 0.469. The number of anilines is 1. The maximum atomic E-state index is 12.2. The van der Waals surface area contributed by atoms with Crippen molar-refractivity contribution in [2.45, 2.75) is 6.42 Å². The first-order valence-electron chi connectivity index (χ1n) is 7.92. The van der Waals surface area contributed by atoms with E-state index < -0.39 is 24.0 Å². The molecule has 2 aromatic rings. The first-order chi connectivity index (χ1) is 12.5. The van der Waals surface area contributed by atoms with Gasteiger partial charge in [-0.05, 0) is 30.7 Å². The van der Waals surface area contributed by atoms with E-state index in [4.69, 9.17) is 14.8 Å². The smallest absolute Gasteiger partial charge is 0.343 e. The number of benzene rings is 1. The molecule has 0 unspecified atom stereocenters. The Bertz CT molecular complexity index is 1010. The van der Waals surface area contributed by atoms with Crippen LogP contribution in [0.1, 0.15) is 12.0 Å². The average Bonchev–Trinajstić information content (AvgIpc) is 2.56. The van der Waals surface area contributed by atoms with Crippen molar-refractivity contribution >= 4 is 34.6 Å². The Morgan fingerprint density at radius 1 is 1.35 bits per heavy atom. The lowest BCUT2D eigenvalue weighted by atomic mass is 10.1. The van der Waals surface area contributed by atoms with Crippen LogP contribution in [-0.2, 0) is 9.59 Å². The summed E-state index contributed by atoms with van der Waals surface area (Å²) in [5, 5.41) is 20.4. The highest BCUT2D eigenvalue weighted by molar-refractivity contribution is 6.02. The molecule has 1 aliphatic rings. The van der Waals surface area contributed by atoms with Gasteiger partial charge in [0.25, 0.3) is 5.91 Å². The predicted octanol–water partition coefficient (Wildman–Crippen LogP) is 1.11. The monoisotopic (exact) mass is 353 g/mol. The molecule has 1 amide bonds. The highest BCUT2D eigenvalue weighted by Gasteiger charge is 2.16. The van der Waals surface area contributed by atoms with E-state index in [1.165, 1.54) is 6.07 Å². The van der Waals surface area contributed by atoms with Crippen LogP contribution in [0.2, 0.25) is 0 Å². The third-order valence-corrected chi connectivity index (χ3v) is 4.03. The fraction of sp³-hybridized carbons (Fsp3) is 0.222.